The van der Waals surface area contributed by atoms with E-state index >= 15 is 0 Å². The lowest BCUT2D eigenvalue weighted by atomic mass is 9.99. The van der Waals surface area contributed by atoms with E-state index in [-0.39, 0.29) is 19.4 Å². The number of carbonyl (C=O) groups excluding carboxylic acids is 2. The molecule has 8 atom stereocenters. The van der Waals surface area contributed by atoms with Crippen molar-refractivity contribution in [3.63, 3.8) is 0 Å². The molecular formula is C66H107NO10. The van der Waals surface area contributed by atoms with Crippen LogP contribution in [0.3, 0.4) is 0 Å². The molecule has 1 amide bonds. The first-order chi connectivity index (χ1) is 37.7. The van der Waals surface area contributed by atoms with Crippen LogP contribution in [-0.4, -0.2) is 99.6 Å². The van der Waals surface area contributed by atoms with Gasteiger partial charge in [-0.25, -0.2) is 0 Å². The highest BCUT2D eigenvalue weighted by Crippen LogP contribution is 2.26. The maximum atomic E-state index is 13.4. The molecule has 0 aromatic rings. The zero-order valence-corrected chi connectivity index (χ0v) is 48.0. The van der Waals surface area contributed by atoms with Crippen LogP contribution in [0.15, 0.2) is 134 Å². The Hall–Kier alpha value is -4.20. The van der Waals surface area contributed by atoms with E-state index in [1.165, 1.54) is 64.2 Å². The number of nitrogens with one attached hydrogen (secondary N) is 1. The zero-order chi connectivity index (χ0) is 56.1. The molecular weight excluding hydrogens is 967 g/mol. The first-order valence-corrected chi connectivity index (χ1v) is 30.0. The van der Waals surface area contributed by atoms with E-state index in [9.17, 15) is 35.1 Å². The number of aliphatic hydroxyl groups is 5. The smallest absolute Gasteiger partial charge is 0.306 e. The van der Waals surface area contributed by atoms with Crippen molar-refractivity contribution in [1.82, 2.24) is 5.32 Å². The fourth-order valence-corrected chi connectivity index (χ4v) is 8.43. The molecule has 0 spiro atoms. The Balaban J connectivity index is 2.73. The molecule has 6 N–H and O–H groups in total. The quantitative estimate of drug-likeness (QED) is 0.0149. The third kappa shape index (κ3) is 40.6. The predicted octanol–water partition coefficient (Wildman–Crippen LogP) is 14.1. The summed E-state index contributed by atoms with van der Waals surface area (Å²) in [4.78, 5) is 26.5. The summed E-state index contributed by atoms with van der Waals surface area (Å²) < 4.78 is 17.6. The molecule has 1 saturated heterocycles. The fourth-order valence-electron chi connectivity index (χ4n) is 8.43. The van der Waals surface area contributed by atoms with E-state index in [0.29, 0.717) is 12.8 Å². The summed E-state index contributed by atoms with van der Waals surface area (Å²) in [5, 5.41) is 56.8. The Morgan fingerprint density at radius 1 is 0.532 bits per heavy atom. The topological polar surface area (TPSA) is 175 Å². The van der Waals surface area contributed by atoms with Crippen LogP contribution in [-0.2, 0) is 23.8 Å². The van der Waals surface area contributed by atoms with E-state index in [4.69, 9.17) is 14.2 Å². The number of esters is 1. The number of rotatable bonds is 48. The summed E-state index contributed by atoms with van der Waals surface area (Å²) in [5.74, 6) is -1.27. The summed E-state index contributed by atoms with van der Waals surface area (Å²) in [6, 6.07) is -1.06. The minimum absolute atomic E-state index is 0.0882. The fraction of sp³-hybridized carbons (Fsp3) is 0.636. The molecule has 0 radical (unpaired) electrons. The van der Waals surface area contributed by atoms with Gasteiger partial charge in [0.15, 0.2) is 12.4 Å². The maximum Gasteiger partial charge on any atom is 0.306 e. The second-order valence-electron chi connectivity index (χ2n) is 20.1. The van der Waals surface area contributed by atoms with Gasteiger partial charge in [0, 0.05) is 6.42 Å². The molecule has 1 aliphatic rings. The van der Waals surface area contributed by atoms with E-state index in [2.05, 4.69) is 80.8 Å². The van der Waals surface area contributed by atoms with Crippen molar-refractivity contribution < 1.29 is 49.3 Å². The first kappa shape index (κ1) is 70.8. The lowest BCUT2D eigenvalue weighted by Gasteiger charge is -2.41. The van der Waals surface area contributed by atoms with E-state index in [0.717, 1.165) is 96.3 Å². The second-order valence-corrected chi connectivity index (χ2v) is 20.1. The monoisotopic (exact) mass is 1070 g/mol. The molecule has 8 unspecified atom stereocenters. The van der Waals surface area contributed by atoms with Crippen LogP contribution in [0.1, 0.15) is 207 Å². The van der Waals surface area contributed by atoms with Gasteiger partial charge >= 0.3 is 5.97 Å². The predicted molar refractivity (Wildman–Crippen MR) is 319 cm³/mol. The van der Waals surface area contributed by atoms with Gasteiger partial charge < -0.3 is 45.1 Å². The molecule has 0 aliphatic carbocycles. The molecule has 0 aromatic heterocycles. The van der Waals surface area contributed by atoms with Gasteiger partial charge in [-0.05, 0) is 89.9 Å². The average Bonchev–Trinajstić information content (AvgIpc) is 3.43. The molecule has 11 heteroatoms. The van der Waals surface area contributed by atoms with Crippen LogP contribution in [0, 0.1) is 0 Å². The molecule has 1 aliphatic heterocycles. The third-order valence-corrected chi connectivity index (χ3v) is 13.2. The Kier molecular flexibility index (Phi) is 48.3. The van der Waals surface area contributed by atoms with Gasteiger partial charge in [0.2, 0.25) is 5.91 Å². The van der Waals surface area contributed by atoms with Gasteiger partial charge in [-0.15, -0.1) is 0 Å². The molecule has 1 heterocycles. The van der Waals surface area contributed by atoms with Crippen LogP contribution in [0.2, 0.25) is 0 Å². The number of ether oxygens (including phenoxy) is 3. The number of hydrogen-bond donors (Lipinski definition) is 6. The Labute approximate surface area is 467 Å². The number of aliphatic hydroxyl groups excluding tert-OH is 5. The molecule has 0 saturated carbocycles. The summed E-state index contributed by atoms with van der Waals surface area (Å²) in [5.41, 5.74) is 0. The summed E-state index contributed by atoms with van der Waals surface area (Å²) >= 11 is 0. The van der Waals surface area contributed by atoms with E-state index < -0.39 is 67.4 Å². The number of unbranched alkanes of at least 4 members (excludes halogenated alkanes) is 19. The maximum absolute atomic E-state index is 13.4. The minimum Gasteiger partial charge on any atom is -0.454 e. The highest BCUT2D eigenvalue weighted by atomic mass is 16.7. The van der Waals surface area contributed by atoms with E-state index in [1.807, 2.05) is 72.9 Å². The van der Waals surface area contributed by atoms with Gasteiger partial charge in [0.1, 0.15) is 24.4 Å². The molecule has 0 aromatic carbocycles. The first-order valence-electron chi connectivity index (χ1n) is 30.0. The Morgan fingerprint density at radius 3 is 1.55 bits per heavy atom. The molecule has 436 valence electrons. The molecule has 1 rings (SSSR count). The van der Waals surface area contributed by atoms with Crippen molar-refractivity contribution in [2.75, 3.05) is 13.2 Å². The summed E-state index contributed by atoms with van der Waals surface area (Å²) in [6.45, 7) is 5.54. The molecule has 0 bridgehead atoms. The Bertz CT molecular complexity index is 1760. The molecule has 11 nitrogen and oxygen atoms in total. The normalized spacial score (nSPS) is 20.0. The van der Waals surface area contributed by atoms with Gasteiger partial charge in [-0.2, -0.15) is 0 Å². The second kappa shape index (κ2) is 52.5. The lowest BCUT2D eigenvalue weighted by molar-refractivity contribution is -0.305. The van der Waals surface area contributed by atoms with Crippen LogP contribution in [0.5, 0.6) is 0 Å². The summed E-state index contributed by atoms with van der Waals surface area (Å²) in [7, 11) is 0. The number of hydrogen-bond acceptors (Lipinski definition) is 10. The van der Waals surface area contributed by atoms with Gasteiger partial charge in [0.25, 0.3) is 0 Å². The van der Waals surface area contributed by atoms with Crippen molar-refractivity contribution in [3.8, 4) is 0 Å². The molecule has 77 heavy (non-hydrogen) atoms. The van der Waals surface area contributed by atoms with Gasteiger partial charge in [0.05, 0.1) is 25.4 Å². The number of allylic oxidation sites excluding steroid dienone is 21. The average molecular weight is 1070 g/mol. The highest BCUT2D eigenvalue weighted by molar-refractivity contribution is 5.80. The highest BCUT2D eigenvalue weighted by Gasteiger charge is 2.47. The van der Waals surface area contributed by atoms with E-state index in [1.54, 1.807) is 6.08 Å². The van der Waals surface area contributed by atoms with Crippen LogP contribution in [0.25, 0.3) is 0 Å². The molecule has 1 fully saturated rings. The van der Waals surface area contributed by atoms with Crippen molar-refractivity contribution in [3.05, 3.63) is 134 Å². The number of amides is 1. The third-order valence-electron chi connectivity index (χ3n) is 13.2. The largest absolute Gasteiger partial charge is 0.454 e. The van der Waals surface area contributed by atoms with Crippen LogP contribution >= 0.6 is 0 Å². The van der Waals surface area contributed by atoms with Gasteiger partial charge in [-0.1, -0.05) is 244 Å². The van der Waals surface area contributed by atoms with Crippen molar-refractivity contribution in [2.24, 2.45) is 0 Å². The lowest BCUT2D eigenvalue weighted by Crippen LogP contribution is -2.61. The standard InChI is InChI=1S/C66H107NO10/c1-4-7-10-13-16-19-22-24-26-28-29-30-31-32-34-36-39-42-45-48-51-54-61(71)77-64-63(73)62(72)60(55-68)76-66(64)75-56-57(58(69)52-49-46-43-40-37-21-18-15-12-9-6-3)67-65(74)59(70)53-50-47-44-41-38-35-33-27-25-23-20-17-14-11-8-5-2/h8,11,14,16-17,19-20,23-27,29-30,32-35,38,41,49,52,57-60,62-64,66,68-70,72-73H,4-7,9-10,12-13,15,18,21-22,28,31,36-37,39-40,42-48,50-51,53-56H2,1-3H3,(H,67,74)/b11-8-,17-14+,19-16-,23-20+,26-24-,27-25-,30-29-,34-32-,35-33+,41-38+,52-49+. The van der Waals surface area contributed by atoms with Gasteiger partial charge in [-0.3, -0.25) is 9.59 Å². The van der Waals surface area contributed by atoms with Crippen molar-refractivity contribution >= 4 is 11.9 Å². The summed E-state index contributed by atoms with van der Waals surface area (Å²) in [6.07, 6.45) is 63.4. The van der Waals surface area contributed by atoms with Crippen LogP contribution < -0.4 is 5.32 Å². The van der Waals surface area contributed by atoms with Crippen molar-refractivity contribution in [1.29, 1.82) is 0 Å². The Morgan fingerprint density at radius 2 is 0.987 bits per heavy atom. The minimum atomic E-state index is -1.64. The SMILES string of the molecule is CC\C=C/C=C/C=C/C=C\C=C\C=C\CCCCC(O)C(=O)NC(COC1OC(CO)C(O)C(O)C1OC(=O)CCCCCCC/C=C\C/C=C\C/C=C\C/C=C\CCCCC)C(O)/C=C/CCCCCCCCCCC. The van der Waals surface area contributed by atoms with Crippen LogP contribution in [0.4, 0.5) is 0 Å². The number of carbonyl (C=O) groups is 2. The zero-order valence-electron chi connectivity index (χ0n) is 48.0. The van der Waals surface area contributed by atoms with Crippen molar-refractivity contribution in [2.45, 2.75) is 256 Å².